The van der Waals surface area contributed by atoms with Gasteiger partial charge in [-0.25, -0.2) is 9.97 Å². The molecular weight excluding hydrogens is 244 g/mol. The van der Waals surface area contributed by atoms with E-state index >= 15 is 0 Å². The van der Waals surface area contributed by atoms with E-state index in [9.17, 15) is 4.79 Å². The van der Waals surface area contributed by atoms with E-state index in [0.717, 1.165) is 0 Å². The molecule has 1 amide bonds. The van der Waals surface area contributed by atoms with E-state index in [1.54, 1.807) is 19.2 Å². The number of aromatic nitrogens is 2. The van der Waals surface area contributed by atoms with Gasteiger partial charge in [-0.1, -0.05) is 11.6 Å². The number of anilines is 2. The second-order valence-corrected chi connectivity index (χ2v) is 3.46. The summed E-state index contributed by atoms with van der Waals surface area (Å²) >= 11 is 5.69. The van der Waals surface area contributed by atoms with Crippen LogP contribution < -0.4 is 10.6 Å². The number of rotatable bonds is 3. The zero-order chi connectivity index (χ0) is 12.3. The van der Waals surface area contributed by atoms with E-state index in [1.807, 2.05) is 0 Å². The Morgan fingerprint density at radius 1 is 1.47 bits per heavy atom. The van der Waals surface area contributed by atoms with Crippen molar-refractivity contribution in [3.8, 4) is 0 Å². The Labute approximate surface area is 102 Å². The number of furan rings is 1. The van der Waals surface area contributed by atoms with Crippen LogP contribution in [-0.4, -0.2) is 22.9 Å². The SMILES string of the molecule is CNc1nc(Cl)cnc1NC(=O)c1ccco1. The fraction of sp³-hybridized carbons (Fsp3) is 0.100. The minimum atomic E-state index is -0.400. The van der Waals surface area contributed by atoms with Crippen LogP contribution in [0.3, 0.4) is 0 Å². The Balaban J connectivity index is 2.21. The maximum absolute atomic E-state index is 11.7. The summed E-state index contributed by atoms with van der Waals surface area (Å²) in [7, 11) is 1.66. The lowest BCUT2D eigenvalue weighted by atomic mass is 10.4. The second-order valence-electron chi connectivity index (χ2n) is 3.07. The van der Waals surface area contributed by atoms with Gasteiger partial charge in [0.15, 0.2) is 17.4 Å². The summed E-state index contributed by atoms with van der Waals surface area (Å²) in [4.78, 5) is 19.6. The van der Waals surface area contributed by atoms with Crippen molar-refractivity contribution >= 4 is 29.1 Å². The fourth-order valence-electron chi connectivity index (χ4n) is 1.21. The summed E-state index contributed by atoms with van der Waals surface area (Å²) in [6.45, 7) is 0. The van der Waals surface area contributed by atoms with E-state index in [1.165, 1.54) is 12.5 Å². The maximum Gasteiger partial charge on any atom is 0.292 e. The van der Waals surface area contributed by atoms with Crippen molar-refractivity contribution in [3.63, 3.8) is 0 Å². The summed E-state index contributed by atoms with van der Waals surface area (Å²) < 4.78 is 4.96. The summed E-state index contributed by atoms with van der Waals surface area (Å²) in [6, 6.07) is 3.18. The third kappa shape index (κ3) is 2.54. The molecule has 0 fully saturated rings. The number of nitrogens with one attached hydrogen (secondary N) is 2. The van der Waals surface area contributed by atoms with Crippen LogP contribution >= 0.6 is 11.6 Å². The van der Waals surface area contributed by atoms with Crippen molar-refractivity contribution in [1.29, 1.82) is 0 Å². The third-order valence-corrected chi connectivity index (χ3v) is 2.14. The molecule has 0 aliphatic rings. The van der Waals surface area contributed by atoms with Crippen molar-refractivity contribution in [1.82, 2.24) is 9.97 Å². The van der Waals surface area contributed by atoms with Crippen LogP contribution in [0.25, 0.3) is 0 Å². The molecule has 0 aromatic carbocycles. The predicted octanol–water partition coefficient (Wildman–Crippen LogP) is 2.02. The molecular formula is C10H9ClN4O2. The number of amides is 1. The molecule has 0 bridgehead atoms. The number of carbonyl (C=O) groups is 1. The van der Waals surface area contributed by atoms with Gasteiger partial charge in [0.2, 0.25) is 0 Å². The Morgan fingerprint density at radius 3 is 2.94 bits per heavy atom. The van der Waals surface area contributed by atoms with Crippen molar-refractivity contribution in [2.24, 2.45) is 0 Å². The first kappa shape index (κ1) is 11.4. The summed E-state index contributed by atoms with van der Waals surface area (Å²) in [5, 5.41) is 5.59. The third-order valence-electron chi connectivity index (χ3n) is 1.96. The Kier molecular flexibility index (Phi) is 3.24. The van der Waals surface area contributed by atoms with Crippen molar-refractivity contribution in [2.45, 2.75) is 0 Å². The predicted molar refractivity (Wildman–Crippen MR) is 63.2 cm³/mol. The smallest absolute Gasteiger partial charge is 0.292 e. The van der Waals surface area contributed by atoms with Gasteiger partial charge >= 0.3 is 0 Å². The van der Waals surface area contributed by atoms with Gasteiger partial charge in [0, 0.05) is 7.05 Å². The second kappa shape index (κ2) is 4.84. The summed E-state index contributed by atoms with van der Waals surface area (Å²) in [5.74, 6) is 0.475. The molecule has 0 radical (unpaired) electrons. The topological polar surface area (TPSA) is 80.0 Å². The number of hydrogen-bond acceptors (Lipinski definition) is 5. The molecule has 0 unspecified atom stereocenters. The van der Waals surface area contributed by atoms with Gasteiger partial charge in [0.25, 0.3) is 5.91 Å². The molecule has 2 aromatic heterocycles. The van der Waals surface area contributed by atoms with Gasteiger partial charge < -0.3 is 15.1 Å². The first-order valence-electron chi connectivity index (χ1n) is 4.76. The molecule has 0 aliphatic carbocycles. The molecule has 7 heteroatoms. The van der Waals surface area contributed by atoms with E-state index in [2.05, 4.69) is 20.6 Å². The largest absolute Gasteiger partial charge is 0.459 e. The highest BCUT2D eigenvalue weighted by Crippen LogP contribution is 2.18. The molecule has 0 spiro atoms. The number of halogens is 1. The molecule has 2 N–H and O–H groups in total. The fourth-order valence-corrected chi connectivity index (χ4v) is 1.34. The van der Waals surface area contributed by atoms with Gasteiger partial charge in [-0.3, -0.25) is 4.79 Å². The molecule has 2 heterocycles. The van der Waals surface area contributed by atoms with Crippen LogP contribution in [0.5, 0.6) is 0 Å². The van der Waals surface area contributed by atoms with E-state index < -0.39 is 5.91 Å². The zero-order valence-corrected chi connectivity index (χ0v) is 9.65. The summed E-state index contributed by atoms with van der Waals surface area (Å²) in [5.41, 5.74) is 0. The highest BCUT2D eigenvalue weighted by Gasteiger charge is 2.13. The lowest BCUT2D eigenvalue weighted by Crippen LogP contribution is -2.14. The van der Waals surface area contributed by atoms with E-state index in [4.69, 9.17) is 16.0 Å². The molecule has 2 aromatic rings. The van der Waals surface area contributed by atoms with Crippen LogP contribution in [0.2, 0.25) is 5.15 Å². The number of carbonyl (C=O) groups excluding carboxylic acids is 1. The molecule has 6 nitrogen and oxygen atoms in total. The standard InChI is InChI=1S/C10H9ClN4O2/c1-12-8-9(13-5-7(11)14-8)15-10(16)6-3-2-4-17-6/h2-5H,1H3,(H,12,14)(H,13,15,16). The molecule has 88 valence electrons. The van der Waals surface area contributed by atoms with Crippen LogP contribution in [0.1, 0.15) is 10.6 Å². The highest BCUT2D eigenvalue weighted by atomic mass is 35.5. The quantitative estimate of drug-likeness (QED) is 0.874. The van der Waals surface area contributed by atoms with Gasteiger partial charge in [-0.2, -0.15) is 0 Å². The van der Waals surface area contributed by atoms with Crippen LogP contribution in [0.4, 0.5) is 11.6 Å². The molecule has 2 rings (SSSR count). The van der Waals surface area contributed by atoms with Crippen molar-refractivity contribution < 1.29 is 9.21 Å². The lowest BCUT2D eigenvalue weighted by molar-refractivity contribution is 0.0996. The molecule has 0 saturated heterocycles. The van der Waals surface area contributed by atoms with Crippen LogP contribution in [0, 0.1) is 0 Å². The van der Waals surface area contributed by atoms with E-state index in [0.29, 0.717) is 11.6 Å². The molecule has 0 atom stereocenters. The first-order chi connectivity index (χ1) is 8.20. The zero-order valence-electron chi connectivity index (χ0n) is 8.90. The van der Waals surface area contributed by atoms with Gasteiger partial charge in [0.1, 0.15) is 5.15 Å². The number of hydrogen-bond donors (Lipinski definition) is 2. The molecule has 0 aliphatic heterocycles. The van der Waals surface area contributed by atoms with Crippen molar-refractivity contribution in [3.05, 3.63) is 35.5 Å². The monoisotopic (exact) mass is 252 g/mol. The maximum atomic E-state index is 11.7. The van der Waals surface area contributed by atoms with Gasteiger partial charge in [0.05, 0.1) is 12.5 Å². The van der Waals surface area contributed by atoms with Gasteiger partial charge in [-0.15, -0.1) is 0 Å². The summed E-state index contributed by atoms with van der Waals surface area (Å²) in [6.07, 6.45) is 2.77. The van der Waals surface area contributed by atoms with Crippen LogP contribution in [0.15, 0.2) is 29.0 Å². The Hall–Kier alpha value is -2.08. The Bertz CT molecular complexity index is 527. The molecule has 17 heavy (non-hydrogen) atoms. The van der Waals surface area contributed by atoms with Crippen molar-refractivity contribution in [2.75, 3.05) is 17.7 Å². The number of nitrogens with zero attached hydrogens (tertiary/aromatic N) is 2. The minimum Gasteiger partial charge on any atom is -0.459 e. The minimum absolute atomic E-state index is 0.198. The normalized spacial score (nSPS) is 10.0. The lowest BCUT2D eigenvalue weighted by Gasteiger charge is -2.07. The average molecular weight is 253 g/mol. The molecule has 0 saturated carbocycles. The highest BCUT2D eigenvalue weighted by molar-refractivity contribution is 6.29. The first-order valence-corrected chi connectivity index (χ1v) is 5.13. The average Bonchev–Trinajstić information content (AvgIpc) is 2.85. The van der Waals surface area contributed by atoms with Gasteiger partial charge in [-0.05, 0) is 12.1 Å². The Morgan fingerprint density at radius 2 is 2.29 bits per heavy atom. The van der Waals surface area contributed by atoms with Crippen LogP contribution in [-0.2, 0) is 0 Å². The van der Waals surface area contributed by atoms with E-state index in [-0.39, 0.29) is 10.9 Å².